The monoisotopic (exact) mass is 306 g/mol. The van der Waals surface area contributed by atoms with E-state index in [0.29, 0.717) is 11.4 Å². The number of aromatic nitrogens is 1. The topological polar surface area (TPSA) is 48.1 Å². The molecule has 3 nitrogen and oxygen atoms in total. The first-order valence-electron chi connectivity index (χ1n) is 5.86. The van der Waals surface area contributed by atoms with E-state index in [0.717, 1.165) is 23.1 Å². The molecule has 0 unspecified atom stereocenters. The highest BCUT2D eigenvalue weighted by Crippen LogP contribution is 2.33. The molecule has 1 heterocycles. The molecule has 0 aliphatic carbocycles. The molecule has 0 spiro atoms. The van der Waals surface area contributed by atoms with Crippen molar-refractivity contribution in [3.8, 4) is 11.5 Å². The molecule has 0 saturated heterocycles. The Labute approximate surface area is 115 Å². The fourth-order valence-corrected chi connectivity index (χ4v) is 2.10. The van der Waals surface area contributed by atoms with Gasteiger partial charge in [0.15, 0.2) is 5.75 Å². The van der Waals surface area contributed by atoms with Crippen LogP contribution >= 0.6 is 15.9 Å². The van der Waals surface area contributed by atoms with Gasteiger partial charge in [0.05, 0.1) is 16.4 Å². The maximum absolute atomic E-state index is 5.83. The van der Waals surface area contributed by atoms with E-state index < -0.39 is 0 Å². The summed E-state index contributed by atoms with van der Waals surface area (Å²) in [6.45, 7) is 2.17. The summed E-state index contributed by atoms with van der Waals surface area (Å²) in [5, 5.41) is 0. The highest BCUT2D eigenvalue weighted by Gasteiger charge is 2.07. The highest BCUT2D eigenvalue weighted by atomic mass is 79.9. The van der Waals surface area contributed by atoms with E-state index >= 15 is 0 Å². The summed E-state index contributed by atoms with van der Waals surface area (Å²) in [5.74, 6) is 1.38. The van der Waals surface area contributed by atoms with Gasteiger partial charge in [-0.2, -0.15) is 0 Å². The van der Waals surface area contributed by atoms with Crippen molar-refractivity contribution in [3.05, 3.63) is 46.7 Å². The van der Waals surface area contributed by atoms with Crippen LogP contribution in [-0.4, -0.2) is 4.98 Å². The molecule has 0 amide bonds. The number of hydrogen-bond donors (Lipinski definition) is 1. The Morgan fingerprint density at radius 3 is 2.56 bits per heavy atom. The van der Waals surface area contributed by atoms with Crippen molar-refractivity contribution >= 4 is 21.6 Å². The molecule has 4 heteroatoms. The number of halogens is 1. The van der Waals surface area contributed by atoms with E-state index in [1.54, 1.807) is 12.4 Å². The van der Waals surface area contributed by atoms with Crippen molar-refractivity contribution in [1.82, 2.24) is 4.98 Å². The Morgan fingerprint density at radius 1 is 1.22 bits per heavy atom. The van der Waals surface area contributed by atoms with Crippen LogP contribution in [0, 0.1) is 0 Å². The van der Waals surface area contributed by atoms with Crippen LogP contribution in [0.15, 0.2) is 41.1 Å². The average Bonchev–Trinajstić information content (AvgIpc) is 2.36. The van der Waals surface area contributed by atoms with Crippen LogP contribution in [0.4, 0.5) is 5.69 Å². The zero-order chi connectivity index (χ0) is 13.0. The number of benzene rings is 1. The maximum atomic E-state index is 5.83. The first-order chi connectivity index (χ1) is 8.70. The molecule has 0 radical (unpaired) electrons. The van der Waals surface area contributed by atoms with E-state index in [-0.39, 0.29) is 0 Å². The summed E-state index contributed by atoms with van der Waals surface area (Å²) in [4.78, 5) is 3.97. The number of hydrogen-bond acceptors (Lipinski definition) is 3. The summed E-state index contributed by atoms with van der Waals surface area (Å²) < 4.78 is 6.51. The minimum Gasteiger partial charge on any atom is -0.454 e. The third-order valence-corrected chi connectivity index (χ3v) is 3.13. The van der Waals surface area contributed by atoms with Gasteiger partial charge >= 0.3 is 0 Å². The van der Waals surface area contributed by atoms with Gasteiger partial charge in [-0.05, 0) is 40.0 Å². The molecule has 1 aromatic carbocycles. The van der Waals surface area contributed by atoms with Crippen molar-refractivity contribution in [2.24, 2.45) is 0 Å². The van der Waals surface area contributed by atoms with Crippen molar-refractivity contribution in [2.45, 2.75) is 19.8 Å². The van der Waals surface area contributed by atoms with Crippen molar-refractivity contribution in [3.63, 3.8) is 0 Å². The second-order valence-corrected chi connectivity index (χ2v) is 4.89. The van der Waals surface area contributed by atoms with Gasteiger partial charge in [0.2, 0.25) is 0 Å². The maximum Gasteiger partial charge on any atom is 0.167 e. The summed E-state index contributed by atoms with van der Waals surface area (Å²) >= 11 is 3.38. The number of anilines is 1. The third kappa shape index (κ3) is 3.01. The lowest BCUT2D eigenvalue weighted by atomic mass is 10.1. The zero-order valence-electron chi connectivity index (χ0n) is 10.2. The summed E-state index contributed by atoms with van der Waals surface area (Å²) in [6, 6.07) is 8.06. The van der Waals surface area contributed by atoms with Crippen LogP contribution in [0.25, 0.3) is 0 Å². The normalized spacial score (nSPS) is 10.3. The predicted octanol–water partition coefficient (Wildman–Crippen LogP) is 4.17. The number of nitrogens with two attached hydrogens (primary N) is 1. The van der Waals surface area contributed by atoms with E-state index in [9.17, 15) is 0 Å². The van der Waals surface area contributed by atoms with E-state index in [2.05, 4.69) is 40.0 Å². The molecule has 18 heavy (non-hydrogen) atoms. The lowest BCUT2D eigenvalue weighted by Crippen LogP contribution is -1.94. The fraction of sp³-hybridized carbons (Fsp3) is 0.214. The Hall–Kier alpha value is -1.55. The Balaban J connectivity index is 2.18. The molecular weight excluding hydrogens is 292 g/mol. The Bertz CT molecular complexity index is 506. The van der Waals surface area contributed by atoms with Crippen molar-refractivity contribution in [1.29, 1.82) is 0 Å². The minimum absolute atomic E-state index is 0.516. The van der Waals surface area contributed by atoms with Gasteiger partial charge in [0, 0.05) is 6.20 Å². The van der Waals surface area contributed by atoms with Crippen LogP contribution in [0.5, 0.6) is 11.5 Å². The first-order valence-corrected chi connectivity index (χ1v) is 6.65. The summed E-state index contributed by atoms with van der Waals surface area (Å²) in [6.07, 6.45) is 5.47. The molecule has 2 aromatic rings. The van der Waals surface area contributed by atoms with Gasteiger partial charge in [-0.15, -0.1) is 0 Å². The number of ether oxygens (including phenoxy) is 1. The number of nitrogens with zero attached hydrogens (tertiary/aromatic N) is 1. The number of rotatable bonds is 4. The SMILES string of the molecule is CCCc1ccc(Oc2c(N)cncc2Br)cc1. The van der Waals surface area contributed by atoms with E-state index in [4.69, 9.17) is 10.5 Å². The molecule has 1 aromatic heterocycles. The van der Waals surface area contributed by atoms with Crippen LogP contribution in [0.1, 0.15) is 18.9 Å². The van der Waals surface area contributed by atoms with Crippen molar-refractivity contribution in [2.75, 3.05) is 5.73 Å². The van der Waals surface area contributed by atoms with Gasteiger partial charge in [0.25, 0.3) is 0 Å². The fourth-order valence-electron chi connectivity index (χ4n) is 1.68. The smallest absolute Gasteiger partial charge is 0.167 e. The van der Waals surface area contributed by atoms with E-state index in [1.165, 1.54) is 5.56 Å². The van der Waals surface area contributed by atoms with Gasteiger partial charge in [-0.1, -0.05) is 25.5 Å². The standard InChI is InChI=1S/C14H15BrN2O/c1-2-3-10-4-6-11(7-5-10)18-14-12(15)8-17-9-13(14)16/h4-9H,2-3,16H2,1H3. The van der Waals surface area contributed by atoms with Crippen LogP contribution in [-0.2, 0) is 6.42 Å². The second-order valence-electron chi connectivity index (χ2n) is 4.04. The molecular formula is C14H15BrN2O. The summed E-state index contributed by atoms with van der Waals surface area (Å²) in [5.41, 5.74) is 7.66. The molecule has 0 atom stereocenters. The van der Waals surface area contributed by atoms with Crippen LogP contribution < -0.4 is 10.5 Å². The number of pyridine rings is 1. The zero-order valence-corrected chi connectivity index (χ0v) is 11.8. The summed E-state index contributed by atoms with van der Waals surface area (Å²) in [7, 11) is 0. The lowest BCUT2D eigenvalue weighted by molar-refractivity contribution is 0.481. The highest BCUT2D eigenvalue weighted by molar-refractivity contribution is 9.10. The lowest BCUT2D eigenvalue weighted by Gasteiger charge is -2.10. The average molecular weight is 307 g/mol. The number of aryl methyl sites for hydroxylation is 1. The predicted molar refractivity (Wildman–Crippen MR) is 76.9 cm³/mol. The van der Waals surface area contributed by atoms with Gasteiger partial charge in [-0.25, -0.2) is 0 Å². The largest absolute Gasteiger partial charge is 0.454 e. The second kappa shape index (κ2) is 5.87. The molecule has 0 fully saturated rings. The molecule has 0 aliphatic heterocycles. The van der Waals surface area contributed by atoms with E-state index in [1.807, 2.05) is 12.1 Å². The van der Waals surface area contributed by atoms with Crippen molar-refractivity contribution < 1.29 is 4.74 Å². The molecule has 2 rings (SSSR count). The molecule has 94 valence electrons. The minimum atomic E-state index is 0.516. The van der Waals surface area contributed by atoms with Gasteiger partial charge < -0.3 is 10.5 Å². The van der Waals surface area contributed by atoms with Crippen LogP contribution in [0.2, 0.25) is 0 Å². The van der Waals surface area contributed by atoms with Crippen LogP contribution in [0.3, 0.4) is 0 Å². The Kier molecular flexibility index (Phi) is 4.20. The van der Waals surface area contributed by atoms with Gasteiger partial charge in [0.1, 0.15) is 5.75 Å². The molecule has 0 bridgehead atoms. The first kappa shape index (κ1) is 12.9. The third-order valence-electron chi connectivity index (χ3n) is 2.56. The van der Waals surface area contributed by atoms with Gasteiger partial charge in [-0.3, -0.25) is 4.98 Å². The molecule has 2 N–H and O–H groups in total. The number of nitrogen functional groups attached to an aromatic ring is 1. The quantitative estimate of drug-likeness (QED) is 0.922. The molecule has 0 aliphatic rings. The molecule has 0 saturated carbocycles. The Morgan fingerprint density at radius 2 is 1.94 bits per heavy atom.